The number of hydrogen-bond acceptors (Lipinski definition) is 6. The summed E-state index contributed by atoms with van der Waals surface area (Å²) in [5.74, 6) is -1.01. The molecule has 0 fully saturated rings. The number of carbonyl (C=O) groups is 1. The van der Waals surface area contributed by atoms with Crippen molar-refractivity contribution in [1.82, 2.24) is 0 Å². The van der Waals surface area contributed by atoms with Crippen LogP contribution in [-0.2, 0) is 4.79 Å². The van der Waals surface area contributed by atoms with Crippen molar-refractivity contribution in [1.29, 1.82) is 0 Å². The molecule has 0 aliphatic carbocycles. The Kier molecular flexibility index (Phi) is 5.04. The zero-order valence-corrected chi connectivity index (χ0v) is 7.16. The fraction of sp³-hybridized carbons (Fsp3) is 0.857. The van der Waals surface area contributed by atoms with E-state index < -0.39 is 36.8 Å². The van der Waals surface area contributed by atoms with Crippen LogP contribution in [0.15, 0.2) is 0 Å². The molecule has 5 N–H and O–H groups in total. The van der Waals surface area contributed by atoms with Gasteiger partial charge in [-0.25, -0.2) is 0 Å². The lowest BCUT2D eigenvalue weighted by Gasteiger charge is -2.23. The van der Waals surface area contributed by atoms with E-state index in [1.165, 1.54) is 6.92 Å². The SMILES string of the molecule is C[C@@H](O)[C@@H](O)[C@H](O)[C@H](O)C(=O)CO. The average molecular weight is 194 g/mol. The first-order valence-electron chi connectivity index (χ1n) is 3.77. The molecule has 0 aromatic rings. The zero-order valence-electron chi connectivity index (χ0n) is 7.16. The molecule has 0 saturated heterocycles. The van der Waals surface area contributed by atoms with E-state index in [1.54, 1.807) is 0 Å². The van der Waals surface area contributed by atoms with E-state index in [1.807, 2.05) is 0 Å². The highest BCUT2D eigenvalue weighted by Crippen LogP contribution is 2.05. The summed E-state index contributed by atoms with van der Waals surface area (Å²) in [6.07, 6.45) is -6.56. The number of Topliss-reactive ketones (excluding diaryl/α,β-unsaturated/α-hetero) is 1. The van der Waals surface area contributed by atoms with Crippen LogP contribution in [0.25, 0.3) is 0 Å². The molecular weight excluding hydrogens is 180 g/mol. The molecule has 0 amide bonds. The minimum Gasteiger partial charge on any atom is -0.391 e. The Hall–Kier alpha value is -0.530. The van der Waals surface area contributed by atoms with Crippen LogP contribution in [-0.4, -0.2) is 62.3 Å². The molecule has 4 atom stereocenters. The van der Waals surface area contributed by atoms with Crippen molar-refractivity contribution < 1.29 is 30.3 Å². The second-order valence-electron chi connectivity index (χ2n) is 2.79. The van der Waals surface area contributed by atoms with Crippen molar-refractivity contribution in [3.63, 3.8) is 0 Å². The van der Waals surface area contributed by atoms with Gasteiger partial charge in [0, 0.05) is 0 Å². The molecule has 6 nitrogen and oxygen atoms in total. The third-order valence-corrected chi connectivity index (χ3v) is 1.65. The number of ketones is 1. The van der Waals surface area contributed by atoms with Gasteiger partial charge in [-0.15, -0.1) is 0 Å². The number of carbonyl (C=O) groups excluding carboxylic acids is 1. The van der Waals surface area contributed by atoms with Crippen LogP contribution in [0.3, 0.4) is 0 Å². The van der Waals surface area contributed by atoms with Gasteiger partial charge in [0.2, 0.25) is 0 Å². The number of aliphatic hydroxyl groups is 5. The molecule has 0 bridgehead atoms. The van der Waals surface area contributed by atoms with Crippen LogP contribution >= 0.6 is 0 Å². The van der Waals surface area contributed by atoms with Gasteiger partial charge in [-0.05, 0) is 6.92 Å². The molecule has 0 radical (unpaired) electrons. The van der Waals surface area contributed by atoms with Gasteiger partial charge in [0.1, 0.15) is 24.9 Å². The van der Waals surface area contributed by atoms with Gasteiger partial charge in [-0.1, -0.05) is 0 Å². The van der Waals surface area contributed by atoms with Crippen molar-refractivity contribution in [2.45, 2.75) is 31.3 Å². The third kappa shape index (κ3) is 3.37. The quantitative estimate of drug-likeness (QED) is 0.318. The Labute approximate surface area is 75.1 Å². The lowest BCUT2D eigenvalue weighted by Crippen LogP contribution is -2.47. The highest BCUT2D eigenvalue weighted by Gasteiger charge is 2.31. The standard InChI is InChI=1S/C7H14O6/c1-3(9)5(11)7(13)6(12)4(10)2-8/h3,5-9,11-13H,2H2,1H3/t3-,5-,6-,7+/m1/s1. The molecule has 0 aliphatic rings. The molecule has 78 valence electrons. The molecule has 0 heterocycles. The van der Waals surface area contributed by atoms with Crippen molar-refractivity contribution in [3.8, 4) is 0 Å². The average Bonchev–Trinajstić information content (AvgIpc) is 2.12. The molecule has 6 heteroatoms. The van der Waals surface area contributed by atoms with Gasteiger partial charge in [0.25, 0.3) is 0 Å². The molecular formula is C7H14O6. The van der Waals surface area contributed by atoms with Crippen LogP contribution in [0.2, 0.25) is 0 Å². The number of rotatable bonds is 5. The van der Waals surface area contributed by atoms with Crippen LogP contribution in [0.4, 0.5) is 0 Å². The summed E-state index contributed by atoms with van der Waals surface area (Å²) >= 11 is 0. The molecule has 0 unspecified atom stereocenters. The monoisotopic (exact) mass is 194 g/mol. The minimum atomic E-state index is -1.88. The maximum Gasteiger partial charge on any atom is 0.189 e. The highest BCUT2D eigenvalue weighted by molar-refractivity contribution is 5.84. The summed E-state index contributed by atoms with van der Waals surface area (Å²) in [6.45, 7) is 0.273. The second-order valence-corrected chi connectivity index (χ2v) is 2.79. The molecule has 0 rings (SSSR count). The van der Waals surface area contributed by atoms with Crippen LogP contribution in [0.5, 0.6) is 0 Å². The summed E-state index contributed by atoms with van der Waals surface area (Å²) in [7, 11) is 0. The fourth-order valence-electron chi connectivity index (χ4n) is 0.756. The number of aliphatic hydroxyl groups excluding tert-OH is 5. The maximum absolute atomic E-state index is 10.6. The highest BCUT2D eigenvalue weighted by atomic mass is 16.4. The lowest BCUT2D eigenvalue weighted by atomic mass is 10.0. The summed E-state index contributed by atoms with van der Waals surface area (Å²) in [5, 5.41) is 44.2. The second kappa shape index (κ2) is 5.25. The first kappa shape index (κ1) is 12.5. The Morgan fingerprint density at radius 3 is 1.92 bits per heavy atom. The minimum absolute atomic E-state index is 0.926. The Balaban J connectivity index is 4.24. The van der Waals surface area contributed by atoms with Crippen LogP contribution < -0.4 is 0 Å². The van der Waals surface area contributed by atoms with Crippen molar-refractivity contribution in [3.05, 3.63) is 0 Å². The first-order chi connectivity index (χ1) is 5.91. The maximum atomic E-state index is 10.6. The molecule has 0 aromatic heterocycles. The third-order valence-electron chi connectivity index (χ3n) is 1.65. The molecule has 0 aromatic carbocycles. The topological polar surface area (TPSA) is 118 Å². The van der Waals surface area contributed by atoms with Gasteiger partial charge < -0.3 is 25.5 Å². The zero-order chi connectivity index (χ0) is 10.6. The van der Waals surface area contributed by atoms with Gasteiger partial charge in [0.15, 0.2) is 5.78 Å². The Morgan fingerprint density at radius 2 is 1.62 bits per heavy atom. The fourth-order valence-corrected chi connectivity index (χ4v) is 0.756. The van der Waals surface area contributed by atoms with E-state index in [9.17, 15) is 4.79 Å². The first-order valence-corrected chi connectivity index (χ1v) is 3.77. The summed E-state index contributed by atoms with van der Waals surface area (Å²) < 4.78 is 0. The van der Waals surface area contributed by atoms with E-state index >= 15 is 0 Å². The van der Waals surface area contributed by atoms with Crippen molar-refractivity contribution in [2.24, 2.45) is 0 Å². The molecule has 0 saturated carbocycles. The summed E-state index contributed by atoms with van der Waals surface area (Å²) in [6, 6.07) is 0. The van der Waals surface area contributed by atoms with Gasteiger partial charge in [-0.2, -0.15) is 0 Å². The van der Waals surface area contributed by atoms with E-state index in [0.717, 1.165) is 0 Å². The number of hydrogen-bond donors (Lipinski definition) is 5. The van der Waals surface area contributed by atoms with Gasteiger partial charge in [-0.3, -0.25) is 4.79 Å². The van der Waals surface area contributed by atoms with Gasteiger partial charge in [0.05, 0.1) is 6.10 Å². The Morgan fingerprint density at radius 1 is 1.15 bits per heavy atom. The summed E-state index contributed by atoms with van der Waals surface area (Å²) in [4.78, 5) is 10.6. The molecule has 0 spiro atoms. The van der Waals surface area contributed by atoms with E-state index in [-0.39, 0.29) is 0 Å². The van der Waals surface area contributed by atoms with Crippen molar-refractivity contribution in [2.75, 3.05) is 6.61 Å². The largest absolute Gasteiger partial charge is 0.391 e. The predicted octanol–water partition coefficient (Wildman–Crippen LogP) is -2.99. The van der Waals surface area contributed by atoms with E-state index in [4.69, 9.17) is 25.5 Å². The normalized spacial score (nSPS) is 20.5. The van der Waals surface area contributed by atoms with E-state index in [2.05, 4.69) is 0 Å². The summed E-state index contributed by atoms with van der Waals surface area (Å²) in [5.41, 5.74) is 0. The van der Waals surface area contributed by atoms with E-state index in [0.29, 0.717) is 0 Å². The predicted molar refractivity (Wildman–Crippen MR) is 41.8 cm³/mol. The molecule has 13 heavy (non-hydrogen) atoms. The smallest absolute Gasteiger partial charge is 0.189 e. The van der Waals surface area contributed by atoms with Crippen LogP contribution in [0, 0.1) is 0 Å². The lowest BCUT2D eigenvalue weighted by molar-refractivity contribution is -0.146. The molecule has 0 aliphatic heterocycles. The Bertz CT molecular complexity index is 168. The van der Waals surface area contributed by atoms with Crippen LogP contribution in [0.1, 0.15) is 6.92 Å². The van der Waals surface area contributed by atoms with Gasteiger partial charge >= 0.3 is 0 Å². The van der Waals surface area contributed by atoms with Crippen molar-refractivity contribution >= 4 is 5.78 Å².